The number of fused-ring (bicyclic) bond motifs is 1. The quantitative estimate of drug-likeness (QED) is 0.777. The number of benzene rings is 1. The molecule has 0 bridgehead atoms. The van der Waals surface area contributed by atoms with E-state index in [0.717, 1.165) is 5.39 Å². The first-order chi connectivity index (χ1) is 9.33. The van der Waals surface area contributed by atoms with Gasteiger partial charge in [0.2, 0.25) is 0 Å². The molecule has 0 fully saturated rings. The third kappa shape index (κ3) is 2.47. The van der Waals surface area contributed by atoms with Crippen LogP contribution in [0, 0.1) is 5.82 Å². The van der Waals surface area contributed by atoms with Gasteiger partial charge >= 0.3 is 0 Å². The number of anilines is 1. The lowest BCUT2D eigenvalue weighted by atomic mass is 10.2. The number of halogens is 1. The zero-order valence-electron chi connectivity index (χ0n) is 9.92. The Bertz CT molecular complexity index is 702. The molecule has 2 heterocycles. The number of rotatable bonds is 3. The topological polar surface area (TPSA) is 63.6 Å². The fraction of sp³-hybridized carbons (Fsp3) is 0.0769. The van der Waals surface area contributed by atoms with Gasteiger partial charge in [-0.1, -0.05) is 0 Å². The zero-order valence-corrected chi connectivity index (χ0v) is 9.92. The number of hydrogen-bond donors (Lipinski definition) is 1. The molecule has 6 heteroatoms. The maximum atomic E-state index is 13.1. The van der Waals surface area contributed by atoms with Crippen molar-refractivity contribution >= 4 is 16.7 Å². The summed E-state index contributed by atoms with van der Waals surface area (Å²) in [6.45, 7) is 0.449. The second-order valence-corrected chi connectivity index (χ2v) is 3.90. The molecule has 2 aromatic heterocycles. The van der Waals surface area contributed by atoms with E-state index in [-0.39, 0.29) is 5.82 Å². The van der Waals surface area contributed by atoms with E-state index in [9.17, 15) is 4.39 Å². The predicted molar refractivity (Wildman–Crippen MR) is 68.9 cm³/mol. The highest BCUT2D eigenvalue weighted by atomic mass is 19.1. The molecule has 0 aliphatic rings. The Kier molecular flexibility index (Phi) is 2.97. The monoisotopic (exact) mass is 255 g/mol. The fourth-order valence-corrected chi connectivity index (χ4v) is 1.76. The fourth-order valence-electron chi connectivity index (χ4n) is 1.76. The third-order valence-electron chi connectivity index (χ3n) is 2.63. The molecule has 19 heavy (non-hydrogen) atoms. The summed E-state index contributed by atoms with van der Waals surface area (Å²) >= 11 is 0. The molecule has 0 aliphatic heterocycles. The number of nitrogens with one attached hydrogen (secondary N) is 1. The maximum absolute atomic E-state index is 13.1. The Hall–Kier alpha value is -2.63. The number of aromatic nitrogens is 4. The van der Waals surface area contributed by atoms with Gasteiger partial charge in [-0.25, -0.2) is 24.3 Å². The van der Waals surface area contributed by atoms with Gasteiger partial charge in [0, 0.05) is 23.8 Å². The molecule has 0 atom stereocenters. The summed E-state index contributed by atoms with van der Waals surface area (Å²) in [5.74, 6) is 0.984. The number of nitrogens with zero attached hydrogens (tertiary/aromatic N) is 4. The minimum Gasteiger partial charge on any atom is -0.362 e. The van der Waals surface area contributed by atoms with Crippen LogP contribution in [-0.2, 0) is 6.54 Å². The van der Waals surface area contributed by atoms with Crippen LogP contribution in [0.5, 0.6) is 0 Å². The van der Waals surface area contributed by atoms with Crippen molar-refractivity contribution in [3.05, 3.63) is 54.6 Å². The smallest absolute Gasteiger partial charge is 0.147 e. The van der Waals surface area contributed by atoms with Gasteiger partial charge < -0.3 is 5.32 Å². The normalized spacial score (nSPS) is 10.6. The van der Waals surface area contributed by atoms with Crippen molar-refractivity contribution in [2.24, 2.45) is 0 Å². The van der Waals surface area contributed by atoms with Crippen molar-refractivity contribution in [1.29, 1.82) is 0 Å². The van der Waals surface area contributed by atoms with Crippen LogP contribution in [0.15, 0.2) is 43.0 Å². The van der Waals surface area contributed by atoms with E-state index in [1.165, 1.54) is 18.5 Å². The van der Waals surface area contributed by atoms with E-state index in [1.54, 1.807) is 24.5 Å². The summed E-state index contributed by atoms with van der Waals surface area (Å²) in [6, 6.07) is 6.17. The van der Waals surface area contributed by atoms with Crippen molar-refractivity contribution in [3.8, 4) is 0 Å². The SMILES string of the molecule is Fc1ccc2c(NCc3ncccn3)ncnc2c1. The van der Waals surface area contributed by atoms with Gasteiger partial charge in [-0.05, 0) is 18.2 Å². The highest BCUT2D eigenvalue weighted by Crippen LogP contribution is 2.19. The Balaban J connectivity index is 1.89. The second-order valence-electron chi connectivity index (χ2n) is 3.90. The van der Waals surface area contributed by atoms with Crippen molar-refractivity contribution in [2.75, 3.05) is 5.32 Å². The first kappa shape index (κ1) is 11.5. The van der Waals surface area contributed by atoms with Crippen LogP contribution in [-0.4, -0.2) is 19.9 Å². The molecule has 0 saturated carbocycles. The zero-order chi connectivity index (χ0) is 13.1. The van der Waals surface area contributed by atoms with Gasteiger partial charge in [-0.2, -0.15) is 0 Å². The van der Waals surface area contributed by atoms with Crippen molar-refractivity contribution in [3.63, 3.8) is 0 Å². The largest absolute Gasteiger partial charge is 0.362 e. The molecular formula is C13H10FN5. The molecule has 94 valence electrons. The Morgan fingerprint density at radius 1 is 1.05 bits per heavy atom. The predicted octanol–water partition coefficient (Wildman–Crippen LogP) is 2.17. The van der Waals surface area contributed by atoms with Crippen LogP contribution in [0.25, 0.3) is 10.9 Å². The lowest BCUT2D eigenvalue weighted by Crippen LogP contribution is -2.05. The van der Waals surface area contributed by atoms with E-state index < -0.39 is 0 Å². The standard InChI is InChI=1S/C13H10FN5/c14-9-2-3-10-11(6-9)18-8-19-13(10)17-7-12-15-4-1-5-16-12/h1-6,8H,7H2,(H,17,18,19). The average Bonchev–Trinajstić information content (AvgIpc) is 2.45. The van der Waals surface area contributed by atoms with Crippen LogP contribution in [0.2, 0.25) is 0 Å². The first-order valence-corrected chi connectivity index (χ1v) is 5.73. The minimum absolute atomic E-state index is 0.316. The minimum atomic E-state index is -0.316. The molecule has 0 unspecified atom stereocenters. The Morgan fingerprint density at radius 3 is 2.74 bits per heavy atom. The number of hydrogen-bond acceptors (Lipinski definition) is 5. The molecule has 1 N–H and O–H groups in total. The maximum Gasteiger partial charge on any atom is 0.147 e. The molecule has 0 amide bonds. The molecule has 0 spiro atoms. The van der Waals surface area contributed by atoms with E-state index in [0.29, 0.717) is 23.7 Å². The van der Waals surface area contributed by atoms with Crippen LogP contribution in [0.4, 0.5) is 10.2 Å². The van der Waals surface area contributed by atoms with Crippen molar-refractivity contribution in [1.82, 2.24) is 19.9 Å². The van der Waals surface area contributed by atoms with E-state index in [1.807, 2.05) is 0 Å². The lowest BCUT2D eigenvalue weighted by molar-refractivity contribution is 0.629. The summed E-state index contributed by atoms with van der Waals surface area (Å²) < 4.78 is 13.1. The van der Waals surface area contributed by atoms with Gasteiger partial charge in [-0.3, -0.25) is 0 Å². The average molecular weight is 255 g/mol. The van der Waals surface area contributed by atoms with E-state index in [2.05, 4.69) is 25.3 Å². The molecule has 1 aromatic carbocycles. The van der Waals surface area contributed by atoms with Gasteiger partial charge in [0.25, 0.3) is 0 Å². The van der Waals surface area contributed by atoms with Gasteiger partial charge in [0.1, 0.15) is 23.8 Å². The lowest BCUT2D eigenvalue weighted by Gasteiger charge is -2.07. The third-order valence-corrected chi connectivity index (χ3v) is 2.63. The van der Waals surface area contributed by atoms with E-state index >= 15 is 0 Å². The molecule has 0 radical (unpaired) electrons. The second kappa shape index (κ2) is 4.93. The summed E-state index contributed by atoms with van der Waals surface area (Å²) in [4.78, 5) is 16.4. The molecule has 0 aliphatic carbocycles. The van der Waals surface area contributed by atoms with Crippen LogP contribution >= 0.6 is 0 Å². The molecule has 0 saturated heterocycles. The van der Waals surface area contributed by atoms with Crippen molar-refractivity contribution in [2.45, 2.75) is 6.54 Å². The summed E-state index contributed by atoms with van der Waals surface area (Å²) in [5, 5.41) is 3.89. The van der Waals surface area contributed by atoms with Crippen molar-refractivity contribution < 1.29 is 4.39 Å². The first-order valence-electron chi connectivity index (χ1n) is 5.73. The highest BCUT2D eigenvalue weighted by Gasteiger charge is 2.04. The Morgan fingerprint density at radius 2 is 1.89 bits per heavy atom. The van der Waals surface area contributed by atoms with Gasteiger partial charge in [0.15, 0.2) is 0 Å². The Labute approximate surface area is 108 Å². The summed E-state index contributed by atoms with van der Waals surface area (Å²) in [5.41, 5.74) is 0.562. The van der Waals surface area contributed by atoms with Crippen LogP contribution < -0.4 is 5.32 Å². The van der Waals surface area contributed by atoms with Crippen LogP contribution in [0.1, 0.15) is 5.82 Å². The highest BCUT2D eigenvalue weighted by molar-refractivity contribution is 5.88. The summed E-state index contributed by atoms with van der Waals surface area (Å²) in [6.07, 6.45) is 4.75. The molecule has 3 aromatic rings. The molecule has 5 nitrogen and oxygen atoms in total. The van der Waals surface area contributed by atoms with Gasteiger partial charge in [0.05, 0.1) is 12.1 Å². The van der Waals surface area contributed by atoms with Gasteiger partial charge in [-0.15, -0.1) is 0 Å². The molecule has 3 rings (SSSR count). The summed E-state index contributed by atoms with van der Waals surface area (Å²) in [7, 11) is 0. The molecular weight excluding hydrogens is 245 g/mol. The van der Waals surface area contributed by atoms with Crippen LogP contribution in [0.3, 0.4) is 0 Å². The van der Waals surface area contributed by atoms with E-state index in [4.69, 9.17) is 0 Å².